The van der Waals surface area contributed by atoms with Crippen LogP contribution in [0.4, 0.5) is 5.69 Å². The van der Waals surface area contributed by atoms with E-state index in [9.17, 15) is 13.2 Å². The second-order valence-electron chi connectivity index (χ2n) is 4.37. The summed E-state index contributed by atoms with van der Waals surface area (Å²) in [5.41, 5.74) is 0.371. The van der Waals surface area contributed by atoms with Gasteiger partial charge in [0.2, 0.25) is 10.0 Å². The van der Waals surface area contributed by atoms with Crippen LogP contribution in [0, 0.1) is 0 Å². The van der Waals surface area contributed by atoms with E-state index in [1.165, 1.54) is 32.3 Å². The van der Waals surface area contributed by atoms with Gasteiger partial charge in [-0.3, -0.25) is 4.79 Å². The summed E-state index contributed by atoms with van der Waals surface area (Å²) in [5.74, 6) is -0.331. The molecule has 0 spiro atoms. The fourth-order valence-corrected chi connectivity index (χ4v) is 2.83. The van der Waals surface area contributed by atoms with Crippen molar-refractivity contribution in [2.24, 2.45) is 0 Å². The summed E-state index contributed by atoms with van der Waals surface area (Å²) in [6.07, 6.45) is 0. The summed E-state index contributed by atoms with van der Waals surface area (Å²) < 4.78 is 30.7. The Morgan fingerprint density at radius 1 is 1.24 bits per heavy atom. The third kappa shape index (κ3) is 3.52. The van der Waals surface area contributed by atoms with Crippen molar-refractivity contribution in [1.82, 2.24) is 4.31 Å². The summed E-state index contributed by atoms with van der Waals surface area (Å²) in [6.45, 7) is 0. The SMILES string of the molecule is CN(C)S(=O)(=O)c1cccc(NC(=O)c2ccc(Br)o2)c1. The third-order valence-electron chi connectivity index (χ3n) is 2.67. The van der Waals surface area contributed by atoms with E-state index in [4.69, 9.17) is 4.42 Å². The van der Waals surface area contributed by atoms with Gasteiger partial charge in [0.25, 0.3) is 5.91 Å². The molecule has 1 N–H and O–H groups in total. The van der Waals surface area contributed by atoms with E-state index >= 15 is 0 Å². The predicted octanol–water partition coefficient (Wildman–Crippen LogP) is 2.54. The normalized spacial score (nSPS) is 11.6. The van der Waals surface area contributed by atoms with E-state index in [-0.39, 0.29) is 10.7 Å². The molecule has 0 unspecified atom stereocenters. The fourth-order valence-electron chi connectivity index (χ4n) is 1.57. The predicted molar refractivity (Wildman–Crippen MR) is 81.7 cm³/mol. The highest BCUT2D eigenvalue weighted by Gasteiger charge is 2.18. The lowest BCUT2D eigenvalue weighted by molar-refractivity contribution is 0.0995. The van der Waals surface area contributed by atoms with Gasteiger partial charge in [0.1, 0.15) is 0 Å². The summed E-state index contributed by atoms with van der Waals surface area (Å²) in [7, 11) is -0.654. The average molecular weight is 373 g/mol. The topological polar surface area (TPSA) is 79.6 Å². The first kappa shape index (κ1) is 15.7. The van der Waals surface area contributed by atoms with Crippen LogP contribution < -0.4 is 5.32 Å². The van der Waals surface area contributed by atoms with Crippen LogP contribution in [0.3, 0.4) is 0 Å². The molecule has 112 valence electrons. The Balaban J connectivity index is 2.25. The molecule has 0 bridgehead atoms. The van der Waals surface area contributed by atoms with E-state index < -0.39 is 15.9 Å². The summed E-state index contributed by atoms with van der Waals surface area (Å²) in [6, 6.07) is 9.13. The minimum Gasteiger partial charge on any atom is -0.444 e. The van der Waals surface area contributed by atoms with Crippen molar-refractivity contribution in [2.45, 2.75) is 4.90 Å². The zero-order valence-electron chi connectivity index (χ0n) is 11.3. The lowest BCUT2D eigenvalue weighted by Gasteiger charge is -2.12. The lowest BCUT2D eigenvalue weighted by atomic mass is 10.3. The van der Waals surface area contributed by atoms with Gasteiger partial charge in [-0.2, -0.15) is 0 Å². The molecule has 0 aliphatic rings. The van der Waals surface area contributed by atoms with Crippen LogP contribution in [-0.4, -0.2) is 32.7 Å². The molecule has 1 amide bonds. The van der Waals surface area contributed by atoms with Crippen LogP contribution in [0.15, 0.2) is 50.4 Å². The lowest BCUT2D eigenvalue weighted by Crippen LogP contribution is -2.22. The van der Waals surface area contributed by atoms with Crippen LogP contribution in [-0.2, 0) is 10.0 Å². The molecule has 0 atom stereocenters. The van der Waals surface area contributed by atoms with Gasteiger partial charge in [-0.05, 0) is 46.3 Å². The molecule has 0 radical (unpaired) electrons. The van der Waals surface area contributed by atoms with Crippen molar-refractivity contribution in [3.8, 4) is 0 Å². The second kappa shape index (κ2) is 6.00. The third-order valence-corrected chi connectivity index (χ3v) is 4.90. The van der Waals surface area contributed by atoms with E-state index in [2.05, 4.69) is 21.2 Å². The van der Waals surface area contributed by atoms with E-state index in [0.29, 0.717) is 10.4 Å². The number of amides is 1. The average Bonchev–Trinajstić information content (AvgIpc) is 2.85. The first-order chi connectivity index (χ1) is 9.80. The molecule has 1 aromatic carbocycles. The smallest absolute Gasteiger partial charge is 0.291 e. The molecule has 0 saturated heterocycles. The largest absolute Gasteiger partial charge is 0.444 e. The summed E-state index contributed by atoms with van der Waals surface area (Å²) >= 11 is 3.11. The molecule has 21 heavy (non-hydrogen) atoms. The number of nitrogens with one attached hydrogen (secondary N) is 1. The highest BCUT2D eigenvalue weighted by atomic mass is 79.9. The first-order valence-electron chi connectivity index (χ1n) is 5.90. The van der Waals surface area contributed by atoms with Gasteiger partial charge in [-0.1, -0.05) is 6.07 Å². The number of sulfonamides is 1. The Morgan fingerprint density at radius 3 is 2.52 bits per heavy atom. The Bertz CT molecular complexity index is 768. The van der Waals surface area contributed by atoms with Gasteiger partial charge >= 0.3 is 0 Å². The zero-order chi connectivity index (χ0) is 15.6. The number of hydrogen-bond donors (Lipinski definition) is 1. The van der Waals surface area contributed by atoms with Crippen molar-refractivity contribution in [3.05, 3.63) is 46.8 Å². The fraction of sp³-hybridized carbons (Fsp3) is 0.154. The van der Waals surface area contributed by atoms with Crippen molar-refractivity contribution in [1.29, 1.82) is 0 Å². The highest BCUT2D eigenvalue weighted by Crippen LogP contribution is 2.20. The molecule has 1 heterocycles. The molecule has 2 rings (SSSR count). The molecule has 0 aliphatic heterocycles. The van der Waals surface area contributed by atoms with Crippen LogP contribution in [0.25, 0.3) is 0 Å². The number of benzene rings is 1. The minimum absolute atomic E-state index is 0.103. The number of carbonyl (C=O) groups excluding carboxylic acids is 1. The maximum absolute atomic E-state index is 12.0. The molecular formula is C13H13BrN2O4S. The van der Waals surface area contributed by atoms with Gasteiger partial charge in [-0.15, -0.1) is 0 Å². The molecule has 0 fully saturated rings. The summed E-state index contributed by atoms with van der Waals surface area (Å²) in [5, 5.41) is 2.59. The molecule has 2 aromatic rings. The van der Waals surface area contributed by atoms with Gasteiger partial charge in [0.15, 0.2) is 10.4 Å². The van der Waals surface area contributed by atoms with Crippen molar-refractivity contribution in [2.75, 3.05) is 19.4 Å². The van der Waals surface area contributed by atoms with Crippen LogP contribution in [0.1, 0.15) is 10.6 Å². The van der Waals surface area contributed by atoms with Gasteiger partial charge in [-0.25, -0.2) is 12.7 Å². The Labute approximate surface area is 130 Å². The quantitative estimate of drug-likeness (QED) is 0.893. The molecule has 8 heteroatoms. The van der Waals surface area contributed by atoms with Crippen molar-refractivity contribution in [3.63, 3.8) is 0 Å². The standard InChI is InChI=1S/C13H13BrN2O4S/c1-16(2)21(18,19)10-5-3-4-9(8-10)15-13(17)11-6-7-12(14)20-11/h3-8H,1-2H3,(H,15,17). The van der Waals surface area contributed by atoms with E-state index in [0.717, 1.165) is 4.31 Å². The van der Waals surface area contributed by atoms with Gasteiger partial charge < -0.3 is 9.73 Å². The molecular weight excluding hydrogens is 360 g/mol. The molecule has 0 aliphatic carbocycles. The second-order valence-corrected chi connectivity index (χ2v) is 7.31. The number of carbonyl (C=O) groups is 1. The number of nitrogens with zero attached hydrogens (tertiary/aromatic N) is 1. The van der Waals surface area contributed by atoms with Crippen LogP contribution >= 0.6 is 15.9 Å². The number of halogens is 1. The van der Waals surface area contributed by atoms with E-state index in [1.54, 1.807) is 18.2 Å². The van der Waals surface area contributed by atoms with E-state index in [1.807, 2.05) is 0 Å². The van der Waals surface area contributed by atoms with Gasteiger partial charge in [0, 0.05) is 19.8 Å². The van der Waals surface area contributed by atoms with Crippen LogP contribution in [0.5, 0.6) is 0 Å². The number of furan rings is 1. The van der Waals surface area contributed by atoms with Gasteiger partial charge in [0.05, 0.1) is 4.90 Å². The zero-order valence-corrected chi connectivity index (χ0v) is 13.7. The molecule has 6 nitrogen and oxygen atoms in total. The number of anilines is 1. The molecule has 1 aromatic heterocycles. The number of hydrogen-bond acceptors (Lipinski definition) is 4. The van der Waals surface area contributed by atoms with Crippen molar-refractivity contribution < 1.29 is 17.6 Å². The first-order valence-corrected chi connectivity index (χ1v) is 8.13. The van der Waals surface area contributed by atoms with Crippen LogP contribution in [0.2, 0.25) is 0 Å². The monoisotopic (exact) mass is 372 g/mol. The Morgan fingerprint density at radius 2 is 1.95 bits per heavy atom. The minimum atomic E-state index is -3.54. The molecule has 0 saturated carbocycles. The maximum atomic E-state index is 12.0. The Kier molecular flexibility index (Phi) is 4.50. The number of rotatable bonds is 4. The highest BCUT2D eigenvalue weighted by molar-refractivity contribution is 9.10. The summed E-state index contributed by atoms with van der Waals surface area (Å²) in [4.78, 5) is 12.0. The maximum Gasteiger partial charge on any atom is 0.291 e. The van der Waals surface area contributed by atoms with Crippen molar-refractivity contribution >= 4 is 37.5 Å². The Hall–Kier alpha value is -1.64.